The lowest BCUT2D eigenvalue weighted by Gasteiger charge is -2.58. The molecule has 4 aliphatic heterocycles. The summed E-state index contributed by atoms with van der Waals surface area (Å²) < 4.78 is 136. The Kier molecular flexibility index (Phi) is 45.3. The molecule has 1 spiro atoms. The molecule has 6 rings (SSSR count). The van der Waals surface area contributed by atoms with Crippen molar-refractivity contribution in [1.29, 1.82) is 0 Å². The van der Waals surface area contributed by atoms with E-state index in [-0.39, 0.29) is 6.42 Å². The van der Waals surface area contributed by atoms with E-state index in [1.807, 2.05) is 49.9 Å². The van der Waals surface area contributed by atoms with E-state index in [0.717, 1.165) is 51.7 Å². The quantitative estimate of drug-likeness (QED) is 0.0373. The van der Waals surface area contributed by atoms with Gasteiger partial charge in [0.1, 0.15) is 0 Å². The number of hydrogen-bond donors (Lipinski definition) is 1. The van der Waals surface area contributed by atoms with Gasteiger partial charge in [-0.05, 0) is 95.4 Å². The molecule has 0 aromatic heterocycles. The van der Waals surface area contributed by atoms with Crippen LogP contribution in [0.25, 0.3) is 0 Å². The monoisotopic (exact) mass is 1780 g/mol. The van der Waals surface area contributed by atoms with Crippen LogP contribution >= 0.6 is 0 Å². The molecule has 4 aliphatic rings. The molecule has 2 aromatic carbocycles. The number of benzene rings is 2. The topological polar surface area (TPSA) is 196 Å². The summed E-state index contributed by atoms with van der Waals surface area (Å²) >= 11 is 0. The molecular formula is C80H166N2O20Si11+2. The van der Waals surface area contributed by atoms with Gasteiger partial charge in [-0.1, -0.05) is 255 Å². The predicted molar refractivity (Wildman–Crippen MR) is 479 cm³/mol. The molecule has 7 unspecified atom stereocenters. The van der Waals surface area contributed by atoms with Crippen molar-refractivity contribution in [1.82, 2.24) is 0 Å². The van der Waals surface area contributed by atoms with Crippen LogP contribution in [-0.2, 0) is 80.7 Å². The fourth-order valence-electron chi connectivity index (χ4n) is 17.0. The standard InChI is InChI=1S/C80H166N2O20Si11/c1-25-29-31-33-35-37-39-41-43-45-47-49-51-55-63-74(5)81(7,8)69-61-71-107(84-11,92-103(19,20)77-65-57-53-58-66-77)99-112(88-15,89-16)101-109(86-13)76(27-3)73-80-79(28-4)110(87-14,94-105(23,83)95-111(80)97-106(24,96-109)98-111)102-113(90-17,91-18)100-108(85-12,93-104(21,22)78-67-59-54-60-68-78)72-62-70-82(9,10)75(6)64-56-52-50-48-46-44-42-40-38-36-34-32-30-26-2/h53-54,57-60,65-68,74-76,79-80,83H,25-52,55-56,61-64,69-73H2,1-24H3/q+2/t74?,75?,76-,79+,80-,105?,106?,107?,108?,109?,110?,111?/m1/s1. The third kappa shape index (κ3) is 31.3. The van der Waals surface area contributed by atoms with E-state index in [4.69, 9.17) is 80.7 Å². The number of rotatable bonds is 64. The summed E-state index contributed by atoms with van der Waals surface area (Å²) in [7, 11) is -21.9. The minimum Gasteiger partial charge on any atom is -0.412 e. The van der Waals surface area contributed by atoms with Crippen LogP contribution in [0.15, 0.2) is 60.7 Å². The Morgan fingerprint density at radius 1 is 0.416 bits per heavy atom. The normalized spacial score (nSPS) is 25.1. The second-order valence-corrected chi connectivity index (χ2v) is 69.7. The number of nitrogens with zero attached hydrogens (tertiary/aromatic N) is 2. The molecule has 113 heavy (non-hydrogen) atoms. The second-order valence-electron chi connectivity index (χ2n) is 35.1. The van der Waals surface area contributed by atoms with Gasteiger partial charge in [0.25, 0.3) is 0 Å². The van der Waals surface area contributed by atoms with Crippen molar-refractivity contribution in [3.8, 4) is 0 Å². The van der Waals surface area contributed by atoms with Gasteiger partial charge in [0.15, 0.2) is 0 Å². The van der Waals surface area contributed by atoms with E-state index >= 15 is 0 Å². The zero-order valence-corrected chi connectivity index (χ0v) is 86.8. The largest absolute Gasteiger partial charge is 0.664 e. The van der Waals surface area contributed by atoms with Crippen LogP contribution < -0.4 is 10.4 Å². The number of fused-ring (bicyclic) bond motifs is 3. The van der Waals surface area contributed by atoms with Crippen LogP contribution in [0.2, 0.25) is 68.0 Å². The van der Waals surface area contributed by atoms with Crippen molar-refractivity contribution in [2.45, 2.75) is 346 Å². The van der Waals surface area contributed by atoms with Gasteiger partial charge in [-0.25, -0.2) is 0 Å². The van der Waals surface area contributed by atoms with Crippen molar-refractivity contribution < 1.29 is 94.4 Å². The van der Waals surface area contributed by atoms with Gasteiger partial charge in [-0.3, -0.25) is 0 Å². The molecule has 0 amide bonds. The van der Waals surface area contributed by atoms with Crippen molar-refractivity contribution in [3.63, 3.8) is 0 Å². The zero-order chi connectivity index (χ0) is 83.6. The summed E-state index contributed by atoms with van der Waals surface area (Å²) in [5.41, 5.74) is -1.90. The molecule has 33 heteroatoms. The first-order valence-corrected chi connectivity index (χ1v) is 67.1. The molecular weight excluding hydrogens is 1620 g/mol. The summed E-state index contributed by atoms with van der Waals surface area (Å²) in [5, 5.41) is 2.15. The fraction of sp³-hybridized carbons (Fsp3) is 0.850. The average molecular weight is 1790 g/mol. The third-order valence-electron chi connectivity index (χ3n) is 24.8. The first kappa shape index (κ1) is 103. The Hall–Kier alpha value is -0.0543. The first-order valence-electron chi connectivity index (χ1n) is 44.2. The zero-order valence-electron chi connectivity index (χ0n) is 75.8. The van der Waals surface area contributed by atoms with Gasteiger partial charge in [-0.2, -0.15) is 0 Å². The SMILES string of the molecule is CCCCCCCCCCCCCCCCC(C)[N+](C)(C)CCC[Si](OC)(O[Si](OC)(OC)O[Si]1(OC)O[Si]2(C)O[Si]3(O[Si](C)(O)O[Si](OC)(O[Si](OC)(OC)O[Si](CCC[N+](C)(C)C(C)CCCCCCCCCCCCCCCC)(OC)O[Si](C)(C)c4ccccc4)[C@@H](CC)[C@H]3C[C@H]1CC)O2)O[Si](C)(C)c1ccccc1. The Morgan fingerprint density at radius 2 is 0.752 bits per heavy atom. The molecule has 2 aromatic rings. The van der Waals surface area contributed by atoms with Crippen molar-refractivity contribution in [3.05, 3.63) is 60.7 Å². The fourth-order valence-corrected chi connectivity index (χ4v) is 67.2. The van der Waals surface area contributed by atoms with Crippen LogP contribution in [-0.4, -0.2) is 220 Å². The molecule has 4 saturated heterocycles. The van der Waals surface area contributed by atoms with E-state index in [0.29, 0.717) is 43.4 Å². The predicted octanol–water partition coefficient (Wildman–Crippen LogP) is 19.1. The summed E-state index contributed by atoms with van der Waals surface area (Å²) in [6.45, 7) is 27.2. The molecule has 1 N–H and O–H groups in total. The van der Waals surface area contributed by atoms with Gasteiger partial charge in [0.2, 0.25) is 16.6 Å². The van der Waals surface area contributed by atoms with Crippen molar-refractivity contribution >= 4 is 107 Å². The van der Waals surface area contributed by atoms with Gasteiger partial charge in [0, 0.05) is 112 Å². The maximum Gasteiger partial charge on any atom is 0.664 e. The van der Waals surface area contributed by atoms with E-state index < -0.39 is 113 Å². The molecule has 10 atom stereocenters. The summed E-state index contributed by atoms with van der Waals surface area (Å²) in [4.78, 5) is 12.9. The highest BCUT2D eigenvalue weighted by Crippen LogP contribution is 2.62. The Bertz CT molecular complexity index is 2890. The van der Waals surface area contributed by atoms with E-state index in [1.165, 1.54) is 208 Å². The highest BCUT2D eigenvalue weighted by molar-refractivity contribution is 6.98. The number of hydrogen-bond acceptors (Lipinski definition) is 20. The van der Waals surface area contributed by atoms with Crippen molar-refractivity contribution in [2.24, 2.45) is 0 Å². The Labute approximate surface area is 701 Å². The summed E-state index contributed by atoms with van der Waals surface area (Å²) in [5.74, 6) is 0. The minimum atomic E-state index is -4.60. The maximum absolute atomic E-state index is 12.9. The lowest BCUT2D eigenvalue weighted by atomic mass is 10.0. The van der Waals surface area contributed by atoms with E-state index in [1.54, 1.807) is 35.0 Å². The molecule has 658 valence electrons. The summed E-state index contributed by atoms with van der Waals surface area (Å²) in [6.07, 6.45) is 42.4. The van der Waals surface area contributed by atoms with Gasteiger partial charge >= 0.3 is 79.7 Å². The summed E-state index contributed by atoms with van der Waals surface area (Å²) in [6, 6.07) is 22.3. The van der Waals surface area contributed by atoms with Crippen LogP contribution in [0, 0.1) is 0 Å². The Balaban J connectivity index is 1.43. The highest BCUT2D eigenvalue weighted by atomic mass is 28.6. The molecule has 2 bridgehead atoms. The van der Waals surface area contributed by atoms with Crippen LogP contribution in [0.5, 0.6) is 0 Å². The average Bonchev–Trinajstić information content (AvgIpc) is 1.63. The third-order valence-corrected chi connectivity index (χ3v) is 68.3. The molecule has 4 heterocycles. The molecule has 0 saturated carbocycles. The lowest BCUT2D eigenvalue weighted by molar-refractivity contribution is -0.913. The second kappa shape index (κ2) is 49.4. The van der Waals surface area contributed by atoms with Gasteiger partial charge in [-0.15, -0.1) is 0 Å². The lowest BCUT2D eigenvalue weighted by Crippen LogP contribution is -2.81. The molecule has 22 nitrogen and oxygen atoms in total. The van der Waals surface area contributed by atoms with E-state index in [2.05, 4.69) is 113 Å². The molecule has 4 fully saturated rings. The molecule has 0 aliphatic carbocycles. The van der Waals surface area contributed by atoms with E-state index in [9.17, 15) is 4.80 Å². The molecule has 0 radical (unpaired) electrons. The minimum absolute atomic E-state index is 0.249. The Morgan fingerprint density at radius 3 is 1.06 bits per heavy atom. The van der Waals surface area contributed by atoms with Gasteiger partial charge < -0.3 is 94.4 Å². The van der Waals surface area contributed by atoms with Crippen LogP contribution in [0.3, 0.4) is 0 Å². The maximum atomic E-state index is 12.9. The highest BCUT2D eigenvalue weighted by Gasteiger charge is 2.82. The van der Waals surface area contributed by atoms with Crippen LogP contribution in [0.4, 0.5) is 0 Å². The first-order chi connectivity index (χ1) is 53.6. The smallest absolute Gasteiger partial charge is 0.412 e. The van der Waals surface area contributed by atoms with Crippen molar-refractivity contribution in [2.75, 3.05) is 98.2 Å². The number of unbranched alkanes of at least 4 members (excludes halogenated alkanes) is 26. The van der Waals surface area contributed by atoms with Gasteiger partial charge in [0.05, 0.1) is 53.4 Å². The number of quaternary nitrogens is 2. The van der Waals surface area contributed by atoms with Crippen LogP contribution in [0.1, 0.15) is 266 Å².